The van der Waals surface area contributed by atoms with Crippen LogP contribution in [0, 0.1) is 28.9 Å². The number of fused-ring (bicyclic) bond motifs is 1. The van der Waals surface area contributed by atoms with Crippen molar-refractivity contribution in [2.45, 2.75) is 58.5 Å². The maximum Gasteiger partial charge on any atom is 0.396 e. The van der Waals surface area contributed by atoms with E-state index in [-0.39, 0.29) is 30.3 Å². The summed E-state index contributed by atoms with van der Waals surface area (Å²) in [6.07, 6.45) is -1.41. The average Bonchev–Trinajstić information content (AvgIpc) is 3.40. The Kier molecular flexibility index (Phi) is 10.5. The number of nitrogens with zero attached hydrogens (tertiary/aromatic N) is 4. The highest BCUT2D eigenvalue weighted by atomic mass is 28.3. The summed E-state index contributed by atoms with van der Waals surface area (Å²) in [5.41, 5.74) is 1.76. The Balaban J connectivity index is 1.49. The maximum atomic E-state index is 15.4. The second-order valence-electron chi connectivity index (χ2n) is 13.0. The number of halogens is 5. The van der Waals surface area contributed by atoms with E-state index < -0.39 is 50.7 Å². The number of nitriles is 1. The number of anilines is 1. The first-order chi connectivity index (χ1) is 23.1. The predicted octanol–water partition coefficient (Wildman–Crippen LogP) is 8.72. The first-order valence-electron chi connectivity index (χ1n) is 15.6. The summed E-state index contributed by atoms with van der Waals surface area (Å²) >= 11 is 0. The van der Waals surface area contributed by atoms with Crippen molar-refractivity contribution in [3.8, 4) is 34.4 Å². The van der Waals surface area contributed by atoms with Crippen LogP contribution in [0.2, 0.25) is 25.7 Å². The highest BCUT2D eigenvalue weighted by molar-refractivity contribution is 6.76. The van der Waals surface area contributed by atoms with Crippen LogP contribution in [0.25, 0.3) is 22.2 Å². The van der Waals surface area contributed by atoms with Crippen molar-refractivity contribution in [3.63, 3.8) is 0 Å². The van der Waals surface area contributed by atoms with E-state index in [1.165, 1.54) is 12.3 Å². The van der Waals surface area contributed by atoms with Crippen LogP contribution >= 0.6 is 0 Å². The lowest BCUT2D eigenvalue weighted by Crippen LogP contribution is -2.36. The molecule has 0 fully saturated rings. The number of ether oxygens (including phenoxy) is 4. The maximum absolute atomic E-state index is 15.4. The van der Waals surface area contributed by atoms with Gasteiger partial charge in [0, 0.05) is 50.5 Å². The predicted molar refractivity (Wildman–Crippen MR) is 178 cm³/mol. The van der Waals surface area contributed by atoms with Gasteiger partial charge in [-0.05, 0) is 43.7 Å². The Labute approximate surface area is 281 Å². The van der Waals surface area contributed by atoms with Gasteiger partial charge in [0.25, 0.3) is 6.02 Å². The molecule has 0 amide bonds. The summed E-state index contributed by atoms with van der Waals surface area (Å²) in [5, 5.41) is 12.8. The van der Waals surface area contributed by atoms with Gasteiger partial charge in [0.05, 0.1) is 23.6 Å². The molecule has 0 radical (unpaired) electrons. The largest absolute Gasteiger partial charge is 0.490 e. The molecule has 4 aromatic rings. The van der Waals surface area contributed by atoms with E-state index in [0.29, 0.717) is 40.1 Å². The molecule has 2 aromatic heterocycles. The zero-order valence-electron chi connectivity index (χ0n) is 27.6. The van der Waals surface area contributed by atoms with Gasteiger partial charge in [-0.2, -0.15) is 18.4 Å². The Bertz CT molecular complexity index is 1880. The SMILES string of the molecule is CC(C)Oc1ccc(-c2cn(COCC[Si](C)(C)C)c3nccc(Oc4c(F)cc(NC5=NC[C@@H](C(F)(F)F)CO5)cc4F)c23)cc1C#N. The smallest absolute Gasteiger partial charge is 0.396 e. The Morgan fingerprint density at radius 3 is 2.45 bits per heavy atom. The average molecular weight is 702 g/mol. The number of aliphatic imine (C=N–C) groups is 1. The molecule has 0 aliphatic carbocycles. The van der Waals surface area contributed by atoms with Gasteiger partial charge in [-0.3, -0.25) is 0 Å². The number of rotatable bonds is 11. The Hall–Kier alpha value is -4.68. The van der Waals surface area contributed by atoms with Gasteiger partial charge in [0.15, 0.2) is 17.4 Å². The lowest BCUT2D eigenvalue weighted by molar-refractivity contribution is -0.181. The Morgan fingerprint density at radius 1 is 1.10 bits per heavy atom. The molecule has 1 N–H and O–H groups in total. The molecule has 1 aliphatic heterocycles. The fraction of sp³-hybridized carbons (Fsp3) is 0.382. The van der Waals surface area contributed by atoms with Crippen molar-refractivity contribution in [3.05, 3.63) is 66.0 Å². The number of hydrogen-bond donors (Lipinski definition) is 1. The Morgan fingerprint density at radius 2 is 1.84 bits per heavy atom. The number of benzene rings is 2. The minimum Gasteiger partial charge on any atom is -0.490 e. The van der Waals surface area contributed by atoms with Crippen molar-refractivity contribution in [2.24, 2.45) is 10.9 Å². The summed E-state index contributed by atoms with van der Waals surface area (Å²) in [6, 6.07) is 11.2. The molecule has 1 atom stereocenters. The van der Waals surface area contributed by atoms with E-state index >= 15 is 8.78 Å². The molecule has 15 heteroatoms. The lowest BCUT2D eigenvalue weighted by atomic mass is 10.0. The summed E-state index contributed by atoms with van der Waals surface area (Å²) in [6.45, 7) is 9.88. The number of pyridine rings is 1. The first-order valence-corrected chi connectivity index (χ1v) is 19.3. The second kappa shape index (κ2) is 14.4. The summed E-state index contributed by atoms with van der Waals surface area (Å²) < 4.78 is 94.1. The van der Waals surface area contributed by atoms with Crippen molar-refractivity contribution in [1.29, 1.82) is 5.26 Å². The third kappa shape index (κ3) is 8.68. The van der Waals surface area contributed by atoms with E-state index in [2.05, 4.69) is 41.0 Å². The highest BCUT2D eigenvalue weighted by Gasteiger charge is 2.41. The van der Waals surface area contributed by atoms with E-state index in [4.69, 9.17) is 18.9 Å². The number of amidine groups is 1. The highest BCUT2D eigenvalue weighted by Crippen LogP contribution is 2.41. The number of aromatic nitrogens is 2. The van der Waals surface area contributed by atoms with Crippen LogP contribution < -0.4 is 14.8 Å². The van der Waals surface area contributed by atoms with Crippen LogP contribution in [0.15, 0.2) is 53.8 Å². The third-order valence-corrected chi connectivity index (χ3v) is 9.22. The van der Waals surface area contributed by atoms with Crippen LogP contribution in [0.5, 0.6) is 17.2 Å². The van der Waals surface area contributed by atoms with Crippen LogP contribution in [0.1, 0.15) is 19.4 Å². The fourth-order valence-electron chi connectivity index (χ4n) is 4.98. The molecule has 3 heterocycles. The number of hydrogen-bond acceptors (Lipinski definition) is 8. The van der Waals surface area contributed by atoms with Gasteiger partial charge in [0.1, 0.15) is 42.5 Å². The van der Waals surface area contributed by atoms with Crippen LogP contribution in [0.3, 0.4) is 0 Å². The van der Waals surface area contributed by atoms with Gasteiger partial charge < -0.3 is 28.8 Å². The van der Waals surface area contributed by atoms with Gasteiger partial charge in [-0.25, -0.2) is 18.8 Å². The molecule has 0 saturated heterocycles. The standard InChI is InChI=1S/C34H36F5N5O4Si/c1-20(2)47-28-7-6-21(12-22(28)15-40)25-17-44(19-45-10-11-49(3,4)5)32-30(25)29(8-9-41-32)48-31-26(35)13-24(14-27(31)36)43-33-42-16-23(18-46-33)34(37,38)39/h6-9,12-14,17,20,23H,10-11,16,18-19H2,1-5H3,(H,42,43)/t23-/m1/s1. The molecule has 9 nitrogen and oxygen atoms in total. The molecule has 49 heavy (non-hydrogen) atoms. The monoisotopic (exact) mass is 701 g/mol. The summed E-state index contributed by atoms with van der Waals surface area (Å²) in [7, 11) is -1.36. The molecular formula is C34H36F5N5O4Si. The molecule has 0 spiro atoms. The van der Waals surface area contributed by atoms with E-state index in [1.807, 2.05) is 13.8 Å². The van der Waals surface area contributed by atoms with Crippen molar-refractivity contribution in [1.82, 2.24) is 9.55 Å². The molecule has 2 aromatic carbocycles. The van der Waals surface area contributed by atoms with Crippen molar-refractivity contribution in [2.75, 3.05) is 25.1 Å². The quantitative estimate of drug-likeness (QED) is 0.0948. The normalized spacial score (nSPS) is 15.1. The van der Waals surface area contributed by atoms with E-state index in [0.717, 1.165) is 18.2 Å². The summed E-state index contributed by atoms with van der Waals surface area (Å²) in [5.74, 6) is -4.17. The second-order valence-corrected chi connectivity index (χ2v) is 18.7. The molecule has 0 unspecified atom stereocenters. The number of nitrogens with one attached hydrogen (secondary N) is 1. The zero-order chi connectivity index (χ0) is 35.5. The topological polar surface area (TPSA) is 103 Å². The first kappa shape index (κ1) is 35.6. The van der Waals surface area contributed by atoms with Crippen LogP contribution in [-0.4, -0.2) is 55.7 Å². The van der Waals surface area contributed by atoms with Crippen LogP contribution in [-0.2, 0) is 16.2 Å². The van der Waals surface area contributed by atoms with Gasteiger partial charge in [-0.15, -0.1) is 0 Å². The van der Waals surface area contributed by atoms with Gasteiger partial charge in [-0.1, -0.05) is 25.7 Å². The minimum atomic E-state index is -4.48. The van der Waals surface area contributed by atoms with Crippen molar-refractivity contribution >= 4 is 30.8 Å². The van der Waals surface area contributed by atoms with Crippen molar-refractivity contribution < 1.29 is 40.9 Å². The van der Waals surface area contributed by atoms with Gasteiger partial charge in [0.2, 0.25) is 0 Å². The molecule has 0 saturated carbocycles. The van der Waals surface area contributed by atoms with E-state index in [9.17, 15) is 18.4 Å². The number of alkyl halides is 3. The molecule has 5 rings (SSSR count). The lowest BCUT2D eigenvalue weighted by Gasteiger charge is -2.24. The molecular weight excluding hydrogens is 665 g/mol. The fourth-order valence-corrected chi connectivity index (χ4v) is 5.74. The molecule has 0 bridgehead atoms. The van der Waals surface area contributed by atoms with Gasteiger partial charge >= 0.3 is 6.18 Å². The molecule has 260 valence electrons. The molecule has 1 aliphatic rings. The minimum absolute atomic E-state index is 0.0820. The zero-order valence-corrected chi connectivity index (χ0v) is 28.6. The van der Waals surface area contributed by atoms with Crippen LogP contribution in [0.4, 0.5) is 27.6 Å². The summed E-state index contributed by atoms with van der Waals surface area (Å²) in [4.78, 5) is 8.24. The third-order valence-electron chi connectivity index (χ3n) is 7.52. The van der Waals surface area contributed by atoms with E-state index in [1.54, 1.807) is 29.0 Å².